The highest BCUT2D eigenvalue weighted by Crippen LogP contribution is 2.45. The Morgan fingerprint density at radius 2 is 1.73 bits per heavy atom. The van der Waals surface area contributed by atoms with Crippen molar-refractivity contribution in [3.63, 3.8) is 0 Å². The van der Waals surface area contributed by atoms with Crippen LogP contribution >= 0.6 is 69.3 Å². The number of fused-ring (bicyclic) bond motifs is 2. The van der Waals surface area contributed by atoms with E-state index in [1.807, 2.05) is 18.2 Å². The van der Waals surface area contributed by atoms with Gasteiger partial charge >= 0.3 is 5.97 Å². The maximum Gasteiger partial charge on any atom is 0.355 e. The Balaban J connectivity index is 1.28. The number of nitrogens with two attached hydrogens (primary N) is 1. The molecule has 6 rings (SSSR count). The number of carbonyl (C=O) groups excluding carboxylic acids is 1. The highest BCUT2D eigenvalue weighted by Gasteiger charge is 2.32. The standard InChI is InChI=1S/C32H17Cl5N2O4S/c33-17-5-4-16(23(35)9-17)14-41-19-3-1-2-15(8-19)27-21-7-6-20(12-25(21)43-31(39)22(27)13-38)42-32(40)30-29(37)28-24(36)10-18(34)11-26(28)44-30/h1-12,27H,14,39H2. The highest BCUT2D eigenvalue weighted by atomic mass is 35.5. The van der Waals surface area contributed by atoms with E-state index >= 15 is 0 Å². The molecule has 0 spiro atoms. The summed E-state index contributed by atoms with van der Waals surface area (Å²) >= 11 is 32.3. The van der Waals surface area contributed by atoms with Gasteiger partial charge in [-0.3, -0.25) is 0 Å². The molecule has 1 aliphatic heterocycles. The van der Waals surface area contributed by atoms with Gasteiger partial charge in [0, 0.05) is 42.3 Å². The minimum Gasteiger partial charge on any atom is -0.489 e. The van der Waals surface area contributed by atoms with Crippen molar-refractivity contribution in [1.82, 2.24) is 0 Å². The zero-order valence-corrected chi connectivity index (χ0v) is 26.8. The molecule has 5 aromatic rings. The van der Waals surface area contributed by atoms with Crippen LogP contribution in [0.4, 0.5) is 0 Å². The number of esters is 1. The SMILES string of the molecule is N#CC1=C(N)Oc2cc(OC(=O)c3sc4cc(Cl)cc(Cl)c4c3Cl)ccc2C1c1cccc(OCc2ccc(Cl)cc2Cl)c1. The molecule has 2 N–H and O–H groups in total. The molecule has 0 aliphatic carbocycles. The molecule has 2 heterocycles. The number of hydrogen-bond acceptors (Lipinski definition) is 7. The predicted molar refractivity (Wildman–Crippen MR) is 175 cm³/mol. The fourth-order valence-corrected chi connectivity index (χ4v) is 7.53. The van der Waals surface area contributed by atoms with Gasteiger partial charge in [-0.25, -0.2) is 4.79 Å². The van der Waals surface area contributed by atoms with Crippen molar-refractivity contribution in [3.8, 4) is 23.3 Å². The molecule has 0 radical (unpaired) electrons. The van der Waals surface area contributed by atoms with Gasteiger partial charge in [0.15, 0.2) is 0 Å². The summed E-state index contributed by atoms with van der Waals surface area (Å²) in [5.41, 5.74) is 8.58. The van der Waals surface area contributed by atoms with Crippen molar-refractivity contribution in [2.45, 2.75) is 12.5 Å². The van der Waals surface area contributed by atoms with Crippen molar-refractivity contribution in [2.24, 2.45) is 5.73 Å². The van der Waals surface area contributed by atoms with Crippen molar-refractivity contribution < 1.29 is 19.0 Å². The summed E-state index contributed by atoms with van der Waals surface area (Å²) in [7, 11) is 0. The van der Waals surface area contributed by atoms with Crippen molar-refractivity contribution in [1.29, 1.82) is 5.26 Å². The van der Waals surface area contributed by atoms with E-state index in [0.717, 1.165) is 22.5 Å². The van der Waals surface area contributed by atoms with E-state index in [1.54, 1.807) is 48.5 Å². The van der Waals surface area contributed by atoms with Crippen LogP contribution in [0.3, 0.4) is 0 Å². The second-order valence-electron chi connectivity index (χ2n) is 9.62. The monoisotopic (exact) mass is 700 g/mol. The molecule has 44 heavy (non-hydrogen) atoms. The predicted octanol–water partition coefficient (Wildman–Crippen LogP) is 10.2. The summed E-state index contributed by atoms with van der Waals surface area (Å²) in [6.07, 6.45) is 0. The summed E-state index contributed by atoms with van der Waals surface area (Å²) in [5, 5.41) is 12.5. The minimum absolute atomic E-state index is 0.0631. The molecular weight excluding hydrogens is 686 g/mol. The van der Waals surface area contributed by atoms with E-state index in [9.17, 15) is 10.1 Å². The maximum absolute atomic E-state index is 13.1. The molecule has 0 amide bonds. The Morgan fingerprint density at radius 1 is 0.932 bits per heavy atom. The third-order valence-electron chi connectivity index (χ3n) is 6.84. The van der Waals surface area contributed by atoms with Crippen LogP contribution in [-0.4, -0.2) is 5.97 Å². The second kappa shape index (κ2) is 12.4. The zero-order valence-electron chi connectivity index (χ0n) is 22.2. The van der Waals surface area contributed by atoms with Crippen LogP contribution in [0.2, 0.25) is 25.1 Å². The number of allylic oxidation sites excluding steroid dienone is 1. The first-order valence-electron chi connectivity index (χ1n) is 12.8. The average molecular weight is 703 g/mol. The minimum atomic E-state index is -0.678. The molecule has 0 fully saturated rings. The van der Waals surface area contributed by atoms with Crippen LogP contribution < -0.4 is 19.9 Å². The Bertz CT molecular complexity index is 2050. The first kappa shape index (κ1) is 30.4. The van der Waals surface area contributed by atoms with Gasteiger partial charge in [0.05, 0.1) is 16.0 Å². The van der Waals surface area contributed by atoms with Crippen molar-refractivity contribution in [2.75, 3.05) is 0 Å². The lowest BCUT2D eigenvalue weighted by Crippen LogP contribution is -2.21. The summed E-state index contributed by atoms with van der Waals surface area (Å²) in [4.78, 5) is 13.3. The Labute approximate surface area is 280 Å². The van der Waals surface area contributed by atoms with Crippen LogP contribution in [0.1, 0.15) is 32.3 Å². The molecule has 0 bridgehead atoms. The van der Waals surface area contributed by atoms with E-state index in [-0.39, 0.29) is 33.7 Å². The Morgan fingerprint density at radius 3 is 2.50 bits per heavy atom. The number of ether oxygens (including phenoxy) is 3. The Hall–Kier alpha value is -3.61. The molecule has 0 saturated carbocycles. The first-order chi connectivity index (χ1) is 21.1. The summed E-state index contributed by atoms with van der Waals surface area (Å²) in [6, 6.07) is 22.8. The third kappa shape index (κ3) is 5.90. The molecule has 12 heteroatoms. The van der Waals surface area contributed by atoms with Crippen LogP contribution in [0.25, 0.3) is 10.1 Å². The molecule has 1 aromatic heterocycles. The van der Waals surface area contributed by atoms with Crippen LogP contribution in [0.5, 0.6) is 17.2 Å². The lowest BCUT2D eigenvalue weighted by molar-refractivity contribution is 0.0740. The number of hydrogen-bond donors (Lipinski definition) is 1. The molecular formula is C32H17Cl5N2O4S. The van der Waals surface area contributed by atoms with E-state index in [4.69, 9.17) is 77.9 Å². The van der Waals surface area contributed by atoms with Crippen LogP contribution in [0.15, 0.2) is 84.3 Å². The fourth-order valence-electron chi connectivity index (χ4n) is 4.82. The van der Waals surface area contributed by atoms with Gasteiger partial charge in [-0.2, -0.15) is 5.26 Å². The van der Waals surface area contributed by atoms with E-state index in [2.05, 4.69) is 6.07 Å². The van der Waals surface area contributed by atoms with Gasteiger partial charge in [0.2, 0.25) is 5.88 Å². The van der Waals surface area contributed by atoms with Gasteiger partial charge in [-0.15, -0.1) is 11.3 Å². The van der Waals surface area contributed by atoms with Gasteiger partial charge < -0.3 is 19.9 Å². The van der Waals surface area contributed by atoms with Gasteiger partial charge in [-0.05, 0) is 48.0 Å². The lowest BCUT2D eigenvalue weighted by atomic mass is 9.83. The second-order valence-corrected chi connectivity index (χ2v) is 12.7. The summed E-state index contributed by atoms with van der Waals surface area (Å²) in [6.45, 7) is 0.213. The largest absolute Gasteiger partial charge is 0.489 e. The normalized spacial score (nSPS) is 14.1. The number of rotatable bonds is 6. The lowest BCUT2D eigenvalue weighted by Gasteiger charge is -2.27. The van der Waals surface area contributed by atoms with E-state index in [0.29, 0.717) is 47.2 Å². The molecule has 4 aromatic carbocycles. The van der Waals surface area contributed by atoms with E-state index in [1.165, 1.54) is 6.07 Å². The zero-order chi connectivity index (χ0) is 31.1. The van der Waals surface area contributed by atoms with Gasteiger partial charge in [0.1, 0.15) is 40.4 Å². The van der Waals surface area contributed by atoms with Crippen LogP contribution in [-0.2, 0) is 6.61 Å². The molecule has 6 nitrogen and oxygen atoms in total. The van der Waals surface area contributed by atoms with E-state index < -0.39 is 11.9 Å². The van der Waals surface area contributed by atoms with Gasteiger partial charge in [0.25, 0.3) is 0 Å². The number of benzene rings is 4. The molecule has 1 unspecified atom stereocenters. The number of thiophene rings is 1. The quantitative estimate of drug-likeness (QED) is 0.140. The third-order valence-corrected chi connectivity index (χ3v) is 9.55. The molecule has 1 atom stereocenters. The number of carbonyl (C=O) groups is 1. The fraction of sp³-hybridized carbons (Fsp3) is 0.0625. The number of nitriles is 1. The highest BCUT2D eigenvalue weighted by molar-refractivity contribution is 7.21. The maximum atomic E-state index is 13.1. The van der Waals surface area contributed by atoms with Crippen molar-refractivity contribution in [3.05, 3.63) is 131 Å². The number of nitrogens with zero attached hydrogens (tertiary/aromatic N) is 1. The molecule has 1 aliphatic rings. The summed E-state index contributed by atoms with van der Waals surface area (Å²) < 4.78 is 18.1. The average Bonchev–Trinajstić information content (AvgIpc) is 3.32. The van der Waals surface area contributed by atoms with Crippen LogP contribution in [0, 0.1) is 11.3 Å². The van der Waals surface area contributed by atoms with Gasteiger partial charge in [-0.1, -0.05) is 82.3 Å². The molecule has 0 saturated heterocycles. The first-order valence-corrected chi connectivity index (χ1v) is 15.5. The Kier molecular flexibility index (Phi) is 8.58. The number of halogens is 5. The van der Waals surface area contributed by atoms with Crippen molar-refractivity contribution >= 4 is 85.4 Å². The smallest absolute Gasteiger partial charge is 0.355 e. The topological polar surface area (TPSA) is 94.6 Å². The molecule has 220 valence electrons. The summed E-state index contributed by atoms with van der Waals surface area (Å²) in [5.74, 6) is -0.234.